The van der Waals surface area contributed by atoms with Crippen LogP contribution in [0.25, 0.3) is 10.9 Å². The summed E-state index contributed by atoms with van der Waals surface area (Å²) in [5.41, 5.74) is 2.13. The highest BCUT2D eigenvalue weighted by atomic mass is 15.6. The first-order valence-electron chi connectivity index (χ1n) is 10.8. The summed E-state index contributed by atoms with van der Waals surface area (Å²) in [5.74, 6) is 0.953. The molecule has 0 saturated carbocycles. The number of nitrogens with zero attached hydrogens (tertiary/aromatic N) is 5. The summed E-state index contributed by atoms with van der Waals surface area (Å²) < 4.78 is 2.00. The van der Waals surface area contributed by atoms with E-state index in [1.54, 1.807) is 9.80 Å². The third-order valence-electron chi connectivity index (χ3n) is 5.96. The van der Waals surface area contributed by atoms with E-state index in [0.29, 0.717) is 0 Å². The van der Waals surface area contributed by atoms with Crippen LogP contribution in [0.3, 0.4) is 0 Å². The first-order valence-corrected chi connectivity index (χ1v) is 10.8. The van der Waals surface area contributed by atoms with Gasteiger partial charge in [-0.3, -0.25) is 4.98 Å². The molecule has 1 aliphatic rings. The van der Waals surface area contributed by atoms with E-state index >= 15 is 0 Å². The molecule has 29 heavy (non-hydrogen) atoms. The lowest BCUT2D eigenvalue weighted by Crippen LogP contribution is -3.28. The molecule has 3 aromatic rings. The van der Waals surface area contributed by atoms with E-state index in [2.05, 4.69) is 72.5 Å². The topological polar surface area (TPSA) is 65.4 Å². The molecule has 3 heterocycles. The Bertz CT molecular complexity index is 951. The van der Waals surface area contributed by atoms with Crippen molar-refractivity contribution >= 4 is 10.9 Å². The van der Waals surface area contributed by atoms with Crippen molar-refractivity contribution in [2.45, 2.75) is 45.7 Å². The van der Waals surface area contributed by atoms with Crippen LogP contribution in [0.2, 0.25) is 0 Å². The van der Waals surface area contributed by atoms with Gasteiger partial charge in [-0.1, -0.05) is 19.1 Å². The molecule has 0 spiro atoms. The zero-order valence-electron chi connectivity index (χ0n) is 18.0. The Kier molecular flexibility index (Phi) is 5.61. The van der Waals surface area contributed by atoms with E-state index in [0.717, 1.165) is 24.4 Å². The van der Waals surface area contributed by atoms with Crippen LogP contribution in [0.5, 0.6) is 0 Å². The van der Waals surface area contributed by atoms with Gasteiger partial charge in [-0.15, -0.1) is 5.10 Å². The van der Waals surface area contributed by atoms with Crippen LogP contribution in [-0.2, 0) is 5.54 Å². The molecule has 4 rings (SSSR count). The monoisotopic (exact) mass is 395 g/mol. The molecular weight excluding hydrogens is 362 g/mol. The summed E-state index contributed by atoms with van der Waals surface area (Å²) in [7, 11) is 0. The average Bonchev–Trinajstić information content (AvgIpc) is 3.20. The largest absolute Gasteiger partial charge is 0.326 e. The molecule has 2 aromatic heterocycles. The van der Waals surface area contributed by atoms with Gasteiger partial charge in [-0.05, 0) is 55.8 Å². The summed E-state index contributed by atoms with van der Waals surface area (Å²) in [6.07, 6.45) is 3.09. The van der Waals surface area contributed by atoms with Gasteiger partial charge in [-0.2, -0.15) is 0 Å². The van der Waals surface area contributed by atoms with Crippen molar-refractivity contribution in [2.24, 2.45) is 0 Å². The molecule has 1 aromatic carbocycles. The smallest absolute Gasteiger partial charge is 0.214 e. The maximum Gasteiger partial charge on any atom is 0.214 e. The van der Waals surface area contributed by atoms with Crippen LogP contribution in [0.15, 0.2) is 36.5 Å². The molecule has 1 saturated heterocycles. The van der Waals surface area contributed by atoms with E-state index in [1.807, 2.05) is 16.9 Å². The summed E-state index contributed by atoms with van der Waals surface area (Å²) in [6.45, 7) is 14.7. The summed E-state index contributed by atoms with van der Waals surface area (Å²) in [5, 5.41) is 14.1. The van der Waals surface area contributed by atoms with Crippen LogP contribution in [0.1, 0.15) is 51.5 Å². The predicted octanol–water partition coefficient (Wildman–Crippen LogP) is 0.259. The molecule has 1 atom stereocenters. The third-order valence-corrected chi connectivity index (χ3v) is 5.96. The molecule has 0 radical (unpaired) electrons. The lowest BCUT2D eigenvalue weighted by Gasteiger charge is -2.35. The zero-order chi connectivity index (χ0) is 20.4. The lowest BCUT2D eigenvalue weighted by molar-refractivity contribution is -1.02. The van der Waals surface area contributed by atoms with Crippen molar-refractivity contribution in [3.05, 3.63) is 47.9 Å². The fourth-order valence-corrected chi connectivity index (χ4v) is 4.51. The highest BCUT2D eigenvalue weighted by molar-refractivity contribution is 5.79. The number of hydrogen-bond acceptors (Lipinski definition) is 4. The Morgan fingerprint density at radius 2 is 1.90 bits per heavy atom. The molecule has 7 heteroatoms. The van der Waals surface area contributed by atoms with E-state index in [4.69, 9.17) is 0 Å². The minimum atomic E-state index is -0.162. The van der Waals surface area contributed by atoms with E-state index in [-0.39, 0.29) is 11.6 Å². The fourth-order valence-electron chi connectivity index (χ4n) is 4.51. The molecule has 1 fully saturated rings. The van der Waals surface area contributed by atoms with Crippen molar-refractivity contribution in [2.75, 3.05) is 32.7 Å². The fraction of sp³-hybridized carbons (Fsp3) is 0.545. The highest BCUT2D eigenvalue weighted by Crippen LogP contribution is 2.24. The Morgan fingerprint density at radius 3 is 2.62 bits per heavy atom. The van der Waals surface area contributed by atoms with Gasteiger partial charge in [0.25, 0.3) is 0 Å². The number of hydrogen-bond donors (Lipinski definition) is 2. The van der Waals surface area contributed by atoms with Gasteiger partial charge in [0.1, 0.15) is 26.2 Å². The van der Waals surface area contributed by atoms with Crippen LogP contribution in [0.4, 0.5) is 0 Å². The molecule has 7 nitrogen and oxygen atoms in total. The first kappa shape index (κ1) is 19.9. The molecule has 0 aliphatic carbocycles. The quantitative estimate of drug-likeness (QED) is 0.651. The molecule has 0 unspecified atom stereocenters. The lowest BCUT2D eigenvalue weighted by atomic mass is 9.99. The average molecular weight is 396 g/mol. The van der Waals surface area contributed by atoms with Crippen LogP contribution in [-0.4, -0.2) is 57.9 Å². The Morgan fingerprint density at radius 1 is 1.10 bits per heavy atom. The Balaban J connectivity index is 1.74. The van der Waals surface area contributed by atoms with Crippen LogP contribution in [0, 0.1) is 0 Å². The number of quaternary nitrogens is 2. The Hall–Kier alpha value is -2.38. The van der Waals surface area contributed by atoms with Crippen molar-refractivity contribution in [3.8, 4) is 0 Å². The molecule has 2 N–H and O–H groups in total. The van der Waals surface area contributed by atoms with Crippen LogP contribution < -0.4 is 9.80 Å². The van der Waals surface area contributed by atoms with E-state index in [1.165, 1.54) is 37.0 Å². The van der Waals surface area contributed by atoms with Gasteiger partial charge in [0.05, 0.1) is 17.6 Å². The third kappa shape index (κ3) is 4.16. The molecular formula is C22H33N7+2. The molecule has 0 amide bonds. The van der Waals surface area contributed by atoms with Crippen molar-refractivity contribution in [3.63, 3.8) is 0 Å². The van der Waals surface area contributed by atoms with Gasteiger partial charge in [0.15, 0.2) is 6.04 Å². The SMILES string of the molecule is CCC[NH+]1CC[NH+]([C@H](c2ccc3ncccc3c2)c2nnnn2C(C)(C)C)CC1. The standard InChI is InChI=1S/C22H31N7/c1-5-11-27-12-14-28(15-13-27)20(21-24-25-26-29(21)22(2,3)4)18-8-9-19-17(16-18)7-6-10-23-19/h6-10,16,20H,5,11-15H2,1-4H3/p+2/t20-/m1/s1. The van der Waals surface area contributed by atoms with E-state index in [9.17, 15) is 0 Å². The minimum Gasteiger partial charge on any atom is -0.326 e. The minimum absolute atomic E-state index is 0.122. The molecule has 154 valence electrons. The number of benzene rings is 1. The van der Waals surface area contributed by atoms with Gasteiger partial charge < -0.3 is 9.80 Å². The highest BCUT2D eigenvalue weighted by Gasteiger charge is 2.37. The maximum atomic E-state index is 4.53. The zero-order valence-corrected chi connectivity index (χ0v) is 18.0. The van der Waals surface area contributed by atoms with Gasteiger partial charge >= 0.3 is 0 Å². The van der Waals surface area contributed by atoms with Crippen molar-refractivity contribution in [1.82, 2.24) is 25.2 Å². The number of aromatic nitrogens is 5. The summed E-state index contributed by atoms with van der Waals surface area (Å²) in [6, 6.07) is 10.9. The second-order valence-electron chi connectivity index (χ2n) is 9.17. The number of fused-ring (bicyclic) bond motifs is 1. The first-order chi connectivity index (χ1) is 14.0. The predicted molar refractivity (Wildman–Crippen MR) is 113 cm³/mol. The van der Waals surface area contributed by atoms with Crippen molar-refractivity contribution < 1.29 is 9.80 Å². The summed E-state index contributed by atoms with van der Waals surface area (Å²) in [4.78, 5) is 7.75. The second kappa shape index (κ2) is 8.16. The normalized spacial score (nSPS) is 21.4. The number of rotatable bonds is 5. The number of piperazine rings is 1. The van der Waals surface area contributed by atoms with Gasteiger partial charge in [0.2, 0.25) is 5.82 Å². The summed E-state index contributed by atoms with van der Waals surface area (Å²) >= 11 is 0. The van der Waals surface area contributed by atoms with E-state index < -0.39 is 0 Å². The molecule has 0 bridgehead atoms. The maximum absolute atomic E-state index is 4.53. The van der Waals surface area contributed by atoms with Gasteiger partial charge in [-0.25, -0.2) is 4.68 Å². The molecule has 1 aliphatic heterocycles. The van der Waals surface area contributed by atoms with Crippen molar-refractivity contribution in [1.29, 1.82) is 0 Å². The number of tetrazole rings is 1. The number of pyridine rings is 1. The second-order valence-corrected chi connectivity index (χ2v) is 9.17. The van der Waals surface area contributed by atoms with Crippen LogP contribution >= 0.6 is 0 Å². The van der Waals surface area contributed by atoms with Gasteiger partial charge in [0, 0.05) is 17.1 Å². The Labute approximate surface area is 172 Å². The number of nitrogens with one attached hydrogen (secondary N) is 2.